The minimum absolute atomic E-state index is 0.407. The zero-order chi connectivity index (χ0) is 18.8. The fraction of sp³-hybridized carbons (Fsp3) is 0.474. The number of aromatic nitrogens is 5. The number of hydrogen-bond donors (Lipinski definition) is 0. The molecule has 4 heterocycles. The monoisotopic (exact) mass is 367 g/mol. The largest absolute Gasteiger partial charge is 0.379 e. The van der Waals surface area contributed by atoms with Gasteiger partial charge in [0.15, 0.2) is 11.5 Å². The highest BCUT2D eigenvalue weighted by molar-refractivity contribution is 5.88. The predicted molar refractivity (Wildman–Crippen MR) is 105 cm³/mol. The molecule has 1 saturated heterocycles. The molecular formula is C19H25N7O. The first-order valence-corrected chi connectivity index (χ1v) is 9.26. The van der Waals surface area contributed by atoms with Gasteiger partial charge in [-0.2, -0.15) is 5.10 Å². The van der Waals surface area contributed by atoms with Gasteiger partial charge in [-0.1, -0.05) is 0 Å². The maximum absolute atomic E-state index is 5.47. The van der Waals surface area contributed by atoms with Crippen molar-refractivity contribution in [1.82, 2.24) is 29.6 Å². The number of rotatable bonds is 5. The Morgan fingerprint density at radius 2 is 1.93 bits per heavy atom. The summed E-state index contributed by atoms with van der Waals surface area (Å²) in [5.41, 5.74) is 1.78. The fourth-order valence-corrected chi connectivity index (χ4v) is 3.54. The summed E-state index contributed by atoms with van der Waals surface area (Å²) in [5, 5.41) is 5.36. The van der Waals surface area contributed by atoms with Crippen molar-refractivity contribution in [3.63, 3.8) is 0 Å². The molecular weight excluding hydrogens is 342 g/mol. The van der Waals surface area contributed by atoms with Gasteiger partial charge in [-0.3, -0.25) is 14.6 Å². The molecule has 27 heavy (non-hydrogen) atoms. The molecule has 1 atom stereocenters. The molecule has 8 nitrogen and oxygen atoms in total. The summed E-state index contributed by atoms with van der Waals surface area (Å²) in [4.78, 5) is 18.4. The van der Waals surface area contributed by atoms with Gasteiger partial charge in [-0.15, -0.1) is 0 Å². The van der Waals surface area contributed by atoms with Crippen LogP contribution >= 0.6 is 0 Å². The number of ether oxygens (including phenoxy) is 1. The van der Waals surface area contributed by atoms with Gasteiger partial charge in [0.1, 0.15) is 5.82 Å². The molecule has 1 aliphatic heterocycles. The second kappa shape index (κ2) is 7.58. The van der Waals surface area contributed by atoms with Gasteiger partial charge < -0.3 is 9.64 Å². The van der Waals surface area contributed by atoms with E-state index in [1.807, 2.05) is 25.4 Å². The molecule has 0 unspecified atom stereocenters. The average Bonchev–Trinajstić information content (AvgIpc) is 3.09. The van der Waals surface area contributed by atoms with Crippen molar-refractivity contribution >= 4 is 16.9 Å². The van der Waals surface area contributed by atoms with E-state index in [1.165, 1.54) is 0 Å². The Hall–Kier alpha value is -2.58. The van der Waals surface area contributed by atoms with Crippen LogP contribution in [-0.2, 0) is 11.8 Å². The third-order valence-electron chi connectivity index (χ3n) is 5.08. The molecule has 0 aliphatic carbocycles. The normalized spacial score (nSPS) is 16.6. The van der Waals surface area contributed by atoms with Crippen LogP contribution in [0.1, 0.15) is 6.92 Å². The van der Waals surface area contributed by atoms with Crippen molar-refractivity contribution in [1.29, 1.82) is 0 Å². The Labute approximate surface area is 158 Å². The number of nitrogens with zero attached hydrogens (tertiary/aromatic N) is 7. The molecule has 0 amide bonds. The lowest BCUT2D eigenvalue weighted by molar-refractivity contribution is 0.0218. The van der Waals surface area contributed by atoms with Crippen molar-refractivity contribution in [2.75, 3.05) is 44.8 Å². The highest BCUT2D eigenvalue weighted by atomic mass is 16.5. The van der Waals surface area contributed by atoms with Crippen LogP contribution < -0.4 is 4.90 Å². The van der Waals surface area contributed by atoms with E-state index in [0.29, 0.717) is 11.9 Å². The molecule has 0 bridgehead atoms. The molecule has 0 spiro atoms. The van der Waals surface area contributed by atoms with Crippen LogP contribution in [0.3, 0.4) is 0 Å². The summed E-state index contributed by atoms with van der Waals surface area (Å²) in [6.45, 7) is 6.69. The molecule has 1 aliphatic rings. The van der Waals surface area contributed by atoms with Crippen molar-refractivity contribution in [2.45, 2.75) is 13.0 Å². The number of fused-ring (bicyclic) bond motifs is 1. The van der Waals surface area contributed by atoms with Crippen molar-refractivity contribution < 1.29 is 4.74 Å². The summed E-state index contributed by atoms with van der Waals surface area (Å²) in [5.74, 6) is 1.59. The fourth-order valence-electron chi connectivity index (χ4n) is 3.54. The van der Waals surface area contributed by atoms with E-state index >= 15 is 0 Å². The number of likely N-dealkylation sites (N-methyl/N-ethyl adjacent to an activating group) is 1. The standard InChI is InChI=1S/C19H25N7O/c1-14(26-8-10-27-11-9-26)13-24(2)18-16-12-21-25(3)19(16)23-17(22-18)15-4-6-20-7-5-15/h4-7,12,14H,8-11,13H2,1-3H3/t14-/m0/s1. The molecule has 0 saturated carbocycles. The van der Waals surface area contributed by atoms with Crippen LogP contribution in [-0.4, -0.2) is 75.6 Å². The van der Waals surface area contributed by atoms with Crippen LogP contribution in [0.5, 0.6) is 0 Å². The van der Waals surface area contributed by atoms with E-state index in [9.17, 15) is 0 Å². The SMILES string of the molecule is C[C@@H](CN(C)c1nc(-c2ccncc2)nc2c1cnn2C)N1CCOCC1. The molecule has 1 fully saturated rings. The van der Waals surface area contributed by atoms with Gasteiger partial charge >= 0.3 is 0 Å². The second-order valence-electron chi connectivity index (χ2n) is 6.99. The van der Waals surface area contributed by atoms with Crippen LogP contribution in [0, 0.1) is 0 Å². The molecule has 0 aromatic carbocycles. The summed E-state index contributed by atoms with van der Waals surface area (Å²) in [6.07, 6.45) is 5.36. The van der Waals surface area contributed by atoms with Crippen molar-refractivity contribution in [3.05, 3.63) is 30.7 Å². The molecule has 0 radical (unpaired) electrons. The van der Waals surface area contributed by atoms with Gasteiger partial charge in [-0.25, -0.2) is 9.97 Å². The van der Waals surface area contributed by atoms with E-state index in [4.69, 9.17) is 14.7 Å². The number of hydrogen-bond acceptors (Lipinski definition) is 7. The molecule has 0 N–H and O–H groups in total. The molecule has 3 aromatic rings. The van der Waals surface area contributed by atoms with E-state index < -0.39 is 0 Å². The Balaban J connectivity index is 1.67. The van der Waals surface area contributed by atoms with Crippen LogP contribution in [0.25, 0.3) is 22.4 Å². The predicted octanol–water partition coefficient (Wildman–Crippen LogP) is 1.58. The second-order valence-corrected chi connectivity index (χ2v) is 6.99. The number of anilines is 1. The summed E-state index contributed by atoms with van der Waals surface area (Å²) < 4.78 is 7.27. The third kappa shape index (κ3) is 3.63. The quantitative estimate of drug-likeness (QED) is 0.678. The van der Waals surface area contributed by atoms with Gasteiger partial charge in [-0.05, 0) is 19.1 Å². The Kier molecular flexibility index (Phi) is 5.00. The number of morpholine rings is 1. The highest BCUT2D eigenvalue weighted by Crippen LogP contribution is 2.26. The third-order valence-corrected chi connectivity index (χ3v) is 5.08. The van der Waals surface area contributed by atoms with E-state index in [0.717, 1.165) is 55.3 Å². The Bertz CT molecular complexity index is 905. The maximum atomic E-state index is 5.47. The number of aryl methyl sites for hydroxylation is 1. The summed E-state index contributed by atoms with van der Waals surface area (Å²) >= 11 is 0. The van der Waals surface area contributed by atoms with Gasteiger partial charge in [0, 0.05) is 57.7 Å². The molecule has 142 valence electrons. The van der Waals surface area contributed by atoms with Gasteiger partial charge in [0.25, 0.3) is 0 Å². The van der Waals surface area contributed by atoms with E-state index in [1.54, 1.807) is 17.1 Å². The van der Waals surface area contributed by atoms with Gasteiger partial charge in [0.2, 0.25) is 0 Å². The first-order chi connectivity index (χ1) is 13.1. The highest BCUT2D eigenvalue weighted by Gasteiger charge is 2.21. The summed E-state index contributed by atoms with van der Waals surface area (Å²) in [6, 6.07) is 4.26. The lowest BCUT2D eigenvalue weighted by Crippen LogP contribution is -2.46. The minimum Gasteiger partial charge on any atom is -0.379 e. The Morgan fingerprint density at radius 3 is 2.67 bits per heavy atom. The van der Waals surface area contributed by atoms with Gasteiger partial charge in [0.05, 0.1) is 24.8 Å². The lowest BCUT2D eigenvalue weighted by Gasteiger charge is -2.34. The van der Waals surface area contributed by atoms with Crippen LogP contribution in [0.15, 0.2) is 30.7 Å². The number of pyridine rings is 1. The molecule has 3 aromatic heterocycles. The molecule has 4 rings (SSSR count). The zero-order valence-corrected chi connectivity index (χ0v) is 16.0. The zero-order valence-electron chi connectivity index (χ0n) is 16.0. The van der Waals surface area contributed by atoms with Crippen molar-refractivity contribution in [3.8, 4) is 11.4 Å². The average molecular weight is 367 g/mol. The first kappa shape index (κ1) is 17.8. The maximum Gasteiger partial charge on any atom is 0.164 e. The van der Waals surface area contributed by atoms with E-state index in [-0.39, 0.29) is 0 Å². The smallest absolute Gasteiger partial charge is 0.164 e. The van der Waals surface area contributed by atoms with Crippen molar-refractivity contribution in [2.24, 2.45) is 7.05 Å². The van der Waals surface area contributed by atoms with Crippen LogP contribution in [0.2, 0.25) is 0 Å². The summed E-state index contributed by atoms with van der Waals surface area (Å²) in [7, 11) is 3.99. The Morgan fingerprint density at radius 1 is 1.19 bits per heavy atom. The topological polar surface area (TPSA) is 72.2 Å². The van der Waals surface area contributed by atoms with E-state index in [2.05, 4.69) is 33.9 Å². The first-order valence-electron chi connectivity index (χ1n) is 9.26. The lowest BCUT2D eigenvalue weighted by atomic mass is 10.2. The minimum atomic E-state index is 0.407. The molecule has 8 heteroatoms. The van der Waals surface area contributed by atoms with Crippen LogP contribution in [0.4, 0.5) is 5.82 Å².